The highest BCUT2D eigenvalue weighted by Gasteiger charge is 2.44. The second-order valence-corrected chi connectivity index (χ2v) is 7.36. The highest BCUT2D eigenvalue weighted by Crippen LogP contribution is 2.22. The number of hydrogen-bond acceptors (Lipinski definition) is 14. The fourth-order valence-corrected chi connectivity index (χ4v) is 3.18. The molecule has 0 aliphatic carbocycles. The first kappa shape index (κ1) is 27.7. The first-order valence-electron chi connectivity index (χ1n) is 10.3. The fourth-order valence-electron chi connectivity index (χ4n) is 3.18. The van der Waals surface area contributed by atoms with Crippen molar-refractivity contribution in [1.29, 1.82) is 0 Å². The van der Waals surface area contributed by atoms with Crippen molar-refractivity contribution in [2.24, 2.45) is 0 Å². The predicted molar refractivity (Wildman–Crippen MR) is 101 cm³/mol. The minimum atomic E-state index is -1.51. The Bertz CT molecular complexity index is 464. The predicted octanol–water partition coefficient (Wildman–Crippen LogP) is -5.35. The van der Waals surface area contributed by atoms with Crippen molar-refractivity contribution < 1.29 is 69.3 Å². The van der Waals surface area contributed by atoms with Gasteiger partial charge in [0.15, 0.2) is 12.6 Å². The van der Waals surface area contributed by atoms with Crippen molar-refractivity contribution in [3.63, 3.8) is 0 Å². The average Bonchev–Trinajstić information content (AvgIpc) is 2.79. The van der Waals surface area contributed by atoms with Crippen LogP contribution in [0.4, 0.5) is 0 Å². The molecule has 2 aliphatic heterocycles. The van der Waals surface area contributed by atoms with Crippen molar-refractivity contribution in [2.45, 2.75) is 61.4 Å². The van der Waals surface area contributed by atoms with Gasteiger partial charge in [0.25, 0.3) is 0 Å². The quantitative estimate of drug-likeness (QED) is 0.117. The van der Waals surface area contributed by atoms with Gasteiger partial charge in [-0.05, 0) is 0 Å². The summed E-state index contributed by atoms with van der Waals surface area (Å²) in [5.74, 6) is 0. The molecule has 0 amide bonds. The van der Waals surface area contributed by atoms with Gasteiger partial charge in [0.2, 0.25) is 0 Å². The average molecular weight is 474 g/mol. The Morgan fingerprint density at radius 3 is 1.16 bits per heavy atom. The molecule has 32 heavy (non-hydrogen) atoms. The number of hydrogen-bond donors (Lipinski definition) is 8. The zero-order valence-electron chi connectivity index (χ0n) is 17.5. The Morgan fingerprint density at radius 2 is 0.812 bits per heavy atom. The first-order valence-corrected chi connectivity index (χ1v) is 10.3. The molecule has 2 rings (SSSR count). The molecule has 0 bridgehead atoms. The molecule has 0 spiro atoms. The van der Waals surface area contributed by atoms with Crippen LogP contribution in [0.25, 0.3) is 0 Å². The minimum Gasteiger partial charge on any atom is -0.394 e. The van der Waals surface area contributed by atoms with E-state index in [1.165, 1.54) is 0 Å². The molecule has 0 aromatic carbocycles. The summed E-state index contributed by atoms with van der Waals surface area (Å²) >= 11 is 0. The van der Waals surface area contributed by atoms with Gasteiger partial charge < -0.3 is 69.3 Å². The van der Waals surface area contributed by atoms with E-state index in [4.69, 9.17) is 38.6 Å². The van der Waals surface area contributed by atoms with Crippen LogP contribution in [0, 0.1) is 0 Å². The van der Waals surface area contributed by atoms with Gasteiger partial charge in [0, 0.05) is 0 Å². The minimum absolute atomic E-state index is 0.0168. The SMILES string of the molecule is OCC1O[C@H](OCCOCCOCCO[C@H]2OC(CO)[C@@H](O)[C@H](O)C2O)C(O)[C@@H](O)[C@@H]1O. The monoisotopic (exact) mass is 474 g/mol. The largest absolute Gasteiger partial charge is 0.394 e. The van der Waals surface area contributed by atoms with Crippen LogP contribution in [0.5, 0.6) is 0 Å². The van der Waals surface area contributed by atoms with E-state index in [-0.39, 0.29) is 39.6 Å². The van der Waals surface area contributed by atoms with Crippen LogP contribution in [0.1, 0.15) is 0 Å². The molecule has 0 aromatic rings. The number of aliphatic hydroxyl groups is 8. The molecule has 2 fully saturated rings. The number of ether oxygens (including phenoxy) is 6. The van der Waals surface area contributed by atoms with E-state index < -0.39 is 74.6 Å². The van der Waals surface area contributed by atoms with E-state index in [1.807, 2.05) is 0 Å². The van der Waals surface area contributed by atoms with E-state index in [2.05, 4.69) is 0 Å². The second-order valence-electron chi connectivity index (χ2n) is 7.36. The maximum Gasteiger partial charge on any atom is 0.186 e. The van der Waals surface area contributed by atoms with Crippen LogP contribution in [0.3, 0.4) is 0 Å². The van der Waals surface area contributed by atoms with Gasteiger partial charge in [0.05, 0.1) is 52.9 Å². The molecule has 190 valence electrons. The van der Waals surface area contributed by atoms with Gasteiger partial charge in [-0.1, -0.05) is 0 Å². The van der Waals surface area contributed by atoms with Crippen LogP contribution in [-0.4, -0.2) is 155 Å². The normalized spacial score (nSPS) is 40.5. The summed E-state index contributed by atoms with van der Waals surface area (Å²) in [5.41, 5.74) is 0. The molecule has 14 nitrogen and oxygen atoms in total. The molecular weight excluding hydrogens is 440 g/mol. The molecule has 0 saturated carbocycles. The van der Waals surface area contributed by atoms with Crippen LogP contribution in [0.2, 0.25) is 0 Å². The maximum atomic E-state index is 9.83. The van der Waals surface area contributed by atoms with Gasteiger partial charge >= 0.3 is 0 Å². The van der Waals surface area contributed by atoms with Gasteiger partial charge in [-0.2, -0.15) is 0 Å². The lowest BCUT2D eigenvalue weighted by molar-refractivity contribution is -0.303. The van der Waals surface area contributed by atoms with Crippen molar-refractivity contribution >= 4 is 0 Å². The molecule has 2 heterocycles. The van der Waals surface area contributed by atoms with Crippen molar-refractivity contribution in [2.75, 3.05) is 52.9 Å². The highest BCUT2D eigenvalue weighted by molar-refractivity contribution is 4.89. The van der Waals surface area contributed by atoms with E-state index in [0.717, 1.165) is 0 Å². The van der Waals surface area contributed by atoms with Crippen LogP contribution < -0.4 is 0 Å². The zero-order valence-corrected chi connectivity index (χ0v) is 17.5. The molecule has 4 unspecified atom stereocenters. The third-order valence-electron chi connectivity index (χ3n) is 5.09. The zero-order chi connectivity index (χ0) is 23.7. The summed E-state index contributed by atoms with van der Waals surface area (Å²) in [7, 11) is 0. The molecule has 14 heteroatoms. The molecule has 2 aliphatic rings. The van der Waals surface area contributed by atoms with Crippen molar-refractivity contribution in [3.8, 4) is 0 Å². The van der Waals surface area contributed by atoms with Gasteiger partial charge in [0.1, 0.15) is 48.8 Å². The molecule has 8 N–H and O–H groups in total. The standard InChI is InChI=1S/C18H34O14/c19-7-9-11(21)13(23)15(25)17(31-9)29-5-3-27-1-2-28-4-6-30-18-16(26)14(24)12(22)10(8-20)32-18/h9-26H,1-8H2/t9?,10?,11-,12-,13+,14+,15?,16?,17+,18+/m1/s1. The summed E-state index contributed by atoms with van der Waals surface area (Å²) in [6.45, 7) is -0.390. The lowest BCUT2D eigenvalue weighted by atomic mass is 9.99. The summed E-state index contributed by atoms with van der Waals surface area (Å²) in [6, 6.07) is 0. The van der Waals surface area contributed by atoms with Crippen LogP contribution in [0.15, 0.2) is 0 Å². The van der Waals surface area contributed by atoms with E-state index in [1.54, 1.807) is 0 Å². The molecule has 0 radical (unpaired) electrons. The van der Waals surface area contributed by atoms with E-state index in [9.17, 15) is 30.6 Å². The number of aliphatic hydroxyl groups excluding tert-OH is 8. The van der Waals surface area contributed by atoms with Crippen molar-refractivity contribution in [1.82, 2.24) is 0 Å². The Morgan fingerprint density at radius 1 is 0.469 bits per heavy atom. The topological polar surface area (TPSA) is 217 Å². The summed E-state index contributed by atoms with van der Waals surface area (Å²) in [6.07, 6.45) is -13.4. The molecule has 2 saturated heterocycles. The Hall–Kier alpha value is -0.560. The third kappa shape index (κ3) is 7.48. The molecule has 0 aromatic heterocycles. The summed E-state index contributed by atoms with van der Waals surface area (Å²) in [4.78, 5) is 0. The molecular formula is C18H34O14. The lowest BCUT2D eigenvalue weighted by Crippen LogP contribution is -2.59. The Labute approximate surface area is 184 Å². The second kappa shape index (κ2) is 14.0. The lowest BCUT2D eigenvalue weighted by Gasteiger charge is -2.39. The maximum absolute atomic E-state index is 9.83. The summed E-state index contributed by atoms with van der Waals surface area (Å²) < 4.78 is 31.5. The van der Waals surface area contributed by atoms with Gasteiger partial charge in [-0.15, -0.1) is 0 Å². The third-order valence-corrected chi connectivity index (χ3v) is 5.09. The Kier molecular flexibility index (Phi) is 12.1. The van der Waals surface area contributed by atoms with E-state index in [0.29, 0.717) is 0 Å². The smallest absolute Gasteiger partial charge is 0.186 e. The number of rotatable bonds is 13. The Balaban J connectivity index is 1.50. The van der Waals surface area contributed by atoms with E-state index >= 15 is 0 Å². The highest BCUT2D eigenvalue weighted by atomic mass is 16.7. The van der Waals surface area contributed by atoms with Crippen molar-refractivity contribution in [3.05, 3.63) is 0 Å². The van der Waals surface area contributed by atoms with Crippen LogP contribution in [-0.2, 0) is 28.4 Å². The summed E-state index contributed by atoms with van der Waals surface area (Å²) in [5, 5.41) is 76.6. The van der Waals surface area contributed by atoms with Gasteiger partial charge in [-0.25, -0.2) is 0 Å². The fraction of sp³-hybridized carbons (Fsp3) is 1.00. The molecule has 10 atom stereocenters. The van der Waals surface area contributed by atoms with Gasteiger partial charge in [-0.3, -0.25) is 0 Å². The van der Waals surface area contributed by atoms with Crippen LogP contribution >= 0.6 is 0 Å². The first-order chi connectivity index (χ1) is 15.3.